The van der Waals surface area contributed by atoms with Gasteiger partial charge in [0.05, 0.1) is 5.69 Å². The second-order valence-electron chi connectivity index (χ2n) is 6.46. The quantitative estimate of drug-likeness (QED) is 0.759. The van der Waals surface area contributed by atoms with E-state index >= 15 is 0 Å². The highest BCUT2D eigenvalue weighted by Crippen LogP contribution is 2.43. The molecule has 0 atom stereocenters. The molecule has 1 fully saturated rings. The summed E-state index contributed by atoms with van der Waals surface area (Å²) >= 11 is 0. The van der Waals surface area contributed by atoms with Crippen molar-refractivity contribution >= 4 is 11.9 Å². The van der Waals surface area contributed by atoms with Crippen LogP contribution in [-0.2, 0) is 5.41 Å². The second kappa shape index (κ2) is 6.35. The summed E-state index contributed by atoms with van der Waals surface area (Å²) in [6.45, 7) is 2.28. The molecular formula is C20H23NO. The summed E-state index contributed by atoms with van der Waals surface area (Å²) in [6.07, 6.45) is 7.88. The van der Waals surface area contributed by atoms with Crippen molar-refractivity contribution in [2.75, 3.05) is 0 Å². The van der Waals surface area contributed by atoms with Crippen molar-refractivity contribution in [2.24, 2.45) is 4.99 Å². The minimum atomic E-state index is 0.0962. The second-order valence-corrected chi connectivity index (χ2v) is 6.46. The van der Waals surface area contributed by atoms with E-state index in [-0.39, 0.29) is 5.41 Å². The Bertz CT molecular complexity index is 655. The van der Waals surface area contributed by atoms with Crippen molar-refractivity contribution < 1.29 is 5.11 Å². The molecule has 114 valence electrons. The van der Waals surface area contributed by atoms with Crippen LogP contribution in [0, 0.1) is 0 Å². The normalized spacial score (nSPS) is 17.7. The number of benzene rings is 2. The van der Waals surface area contributed by atoms with Gasteiger partial charge in [0.1, 0.15) is 5.75 Å². The molecule has 0 aliphatic heterocycles. The van der Waals surface area contributed by atoms with Crippen molar-refractivity contribution in [3.8, 4) is 5.75 Å². The van der Waals surface area contributed by atoms with Gasteiger partial charge in [-0.1, -0.05) is 56.5 Å². The molecule has 0 saturated heterocycles. The van der Waals surface area contributed by atoms with Crippen LogP contribution in [0.4, 0.5) is 5.69 Å². The Morgan fingerprint density at radius 3 is 2.41 bits per heavy atom. The first-order valence-electron chi connectivity index (χ1n) is 8.11. The fourth-order valence-electron chi connectivity index (χ4n) is 3.41. The SMILES string of the molecule is CC1(c2cccc(/C=N/c3ccccc3)c2O)CCCCC1. The van der Waals surface area contributed by atoms with Crippen LogP contribution in [0.25, 0.3) is 0 Å². The molecule has 0 spiro atoms. The van der Waals surface area contributed by atoms with Crippen LogP contribution < -0.4 is 0 Å². The molecule has 0 heterocycles. The Morgan fingerprint density at radius 2 is 1.68 bits per heavy atom. The zero-order valence-corrected chi connectivity index (χ0v) is 13.1. The molecule has 1 aliphatic carbocycles. The van der Waals surface area contributed by atoms with Gasteiger partial charge in [-0.05, 0) is 36.5 Å². The molecule has 1 N–H and O–H groups in total. The first kappa shape index (κ1) is 14.8. The summed E-state index contributed by atoms with van der Waals surface area (Å²) in [4.78, 5) is 4.46. The first-order chi connectivity index (χ1) is 10.7. The molecular weight excluding hydrogens is 270 g/mol. The van der Waals surface area contributed by atoms with Crippen molar-refractivity contribution in [3.63, 3.8) is 0 Å². The number of hydrogen-bond acceptors (Lipinski definition) is 2. The van der Waals surface area contributed by atoms with Crippen molar-refractivity contribution in [3.05, 3.63) is 59.7 Å². The molecule has 0 amide bonds. The Balaban J connectivity index is 1.90. The lowest BCUT2D eigenvalue weighted by Gasteiger charge is -2.34. The van der Waals surface area contributed by atoms with E-state index in [4.69, 9.17) is 0 Å². The first-order valence-corrected chi connectivity index (χ1v) is 8.11. The van der Waals surface area contributed by atoms with Gasteiger partial charge in [-0.25, -0.2) is 0 Å². The minimum Gasteiger partial charge on any atom is -0.507 e. The number of rotatable bonds is 3. The van der Waals surface area contributed by atoms with Crippen LogP contribution in [0.2, 0.25) is 0 Å². The van der Waals surface area contributed by atoms with Gasteiger partial charge in [0.25, 0.3) is 0 Å². The van der Waals surface area contributed by atoms with Gasteiger partial charge in [-0.2, -0.15) is 0 Å². The zero-order chi connectivity index (χ0) is 15.4. The zero-order valence-electron chi connectivity index (χ0n) is 13.1. The lowest BCUT2D eigenvalue weighted by atomic mass is 9.70. The highest BCUT2D eigenvalue weighted by Gasteiger charge is 2.31. The minimum absolute atomic E-state index is 0.0962. The molecule has 3 rings (SSSR count). The summed E-state index contributed by atoms with van der Waals surface area (Å²) in [6, 6.07) is 15.8. The maximum atomic E-state index is 10.7. The summed E-state index contributed by atoms with van der Waals surface area (Å²) in [5.74, 6) is 0.395. The number of para-hydroxylation sites is 2. The average molecular weight is 293 g/mol. The van der Waals surface area contributed by atoms with Crippen LogP contribution in [0.1, 0.15) is 50.2 Å². The number of nitrogens with zero attached hydrogens (tertiary/aromatic N) is 1. The van der Waals surface area contributed by atoms with E-state index in [1.807, 2.05) is 42.5 Å². The average Bonchev–Trinajstić information content (AvgIpc) is 2.55. The number of phenolic OH excluding ortho intramolecular Hbond substituents is 1. The summed E-state index contributed by atoms with van der Waals surface area (Å²) in [5.41, 5.74) is 2.87. The number of hydrogen-bond donors (Lipinski definition) is 1. The Labute approximate surface area is 132 Å². The fourth-order valence-corrected chi connectivity index (χ4v) is 3.41. The predicted octanol–water partition coefficient (Wildman–Crippen LogP) is 5.36. The molecule has 2 aromatic carbocycles. The number of aromatic hydroxyl groups is 1. The van der Waals surface area contributed by atoms with E-state index in [1.165, 1.54) is 19.3 Å². The smallest absolute Gasteiger partial charge is 0.128 e. The van der Waals surface area contributed by atoms with Gasteiger partial charge in [0.15, 0.2) is 0 Å². The van der Waals surface area contributed by atoms with E-state index in [2.05, 4.69) is 18.0 Å². The lowest BCUT2D eigenvalue weighted by molar-refractivity contribution is 0.308. The highest BCUT2D eigenvalue weighted by atomic mass is 16.3. The van der Waals surface area contributed by atoms with E-state index in [1.54, 1.807) is 6.21 Å². The third kappa shape index (κ3) is 3.06. The summed E-state index contributed by atoms with van der Waals surface area (Å²) < 4.78 is 0. The topological polar surface area (TPSA) is 32.6 Å². The van der Waals surface area contributed by atoms with Gasteiger partial charge < -0.3 is 5.11 Å². The Hall–Kier alpha value is -2.09. The van der Waals surface area contributed by atoms with Gasteiger partial charge in [0.2, 0.25) is 0 Å². The van der Waals surface area contributed by atoms with Gasteiger partial charge >= 0.3 is 0 Å². The van der Waals surface area contributed by atoms with Crippen LogP contribution >= 0.6 is 0 Å². The van der Waals surface area contributed by atoms with Crippen molar-refractivity contribution in [1.29, 1.82) is 0 Å². The summed E-state index contributed by atoms with van der Waals surface area (Å²) in [7, 11) is 0. The van der Waals surface area contributed by atoms with E-state index in [0.29, 0.717) is 5.75 Å². The maximum Gasteiger partial charge on any atom is 0.128 e. The van der Waals surface area contributed by atoms with Gasteiger partial charge in [-0.3, -0.25) is 4.99 Å². The fraction of sp³-hybridized carbons (Fsp3) is 0.350. The number of aliphatic imine (C=N–C) groups is 1. The van der Waals surface area contributed by atoms with E-state index in [9.17, 15) is 5.11 Å². The molecule has 0 radical (unpaired) electrons. The molecule has 1 saturated carbocycles. The Morgan fingerprint density at radius 1 is 0.955 bits per heavy atom. The third-order valence-corrected chi connectivity index (χ3v) is 4.78. The molecule has 2 nitrogen and oxygen atoms in total. The van der Waals surface area contributed by atoms with Crippen molar-refractivity contribution in [2.45, 2.75) is 44.4 Å². The number of phenols is 1. The largest absolute Gasteiger partial charge is 0.507 e. The van der Waals surface area contributed by atoms with Gasteiger partial charge in [-0.15, -0.1) is 0 Å². The maximum absolute atomic E-state index is 10.7. The van der Waals surface area contributed by atoms with Crippen LogP contribution in [0.5, 0.6) is 5.75 Å². The van der Waals surface area contributed by atoms with Crippen LogP contribution in [0.15, 0.2) is 53.5 Å². The van der Waals surface area contributed by atoms with Crippen LogP contribution in [-0.4, -0.2) is 11.3 Å². The standard InChI is InChI=1S/C20H23NO/c1-20(13-6-3-7-14-20)18-12-8-9-16(19(18)22)15-21-17-10-4-2-5-11-17/h2,4-5,8-12,15,22H,3,6-7,13-14H2,1H3/b21-15+. The molecule has 1 aliphatic rings. The molecule has 2 aromatic rings. The third-order valence-electron chi connectivity index (χ3n) is 4.78. The predicted molar refractivity (Wildman–Crippen MR) is 92.2 cm³/mol. The van der Waals surface area contributed by atoms with E-state index < -0.39 is 0 Å². The van der Waals surface area contributed by atoms with E-state index in [0.717, 1.165) is 29.7 Å². The summed E-state index contributed by atoms with van der Waals surface area (Å²) in [5, 5.41) is 10.7. The molecule has 0 bridgehead atoms. The van der Waals surface area contributed by atoms with Gasteiger partial charge in [0, 0.05) is 17.3 Å². The highest BCUT2D eigenvalue weighted by molar-refractivity contribution is 5.86. The Kier molecular flexibility index (Phi) is 4.28. The monoisotopic (exact) mass is 293 g/mol. The molecule has 22 heavy (non-hydrogen) atoms. The molecule has 2 heteroatoms. The lowest BCUT2D eigenvalue weighted by Crippen LogP contribution is -2.25. The van der Waals surface area contributed by atoms with Crippen LogP contribution in [0.3, 0.4) is 0 Å². The molecule has 0 unspecified atom stereocenters. The molecule has 0 aromatic heterocycles. The van der Waals surface area contributed by atoms with Crippen molar-refractivity contribution in [1.82, 2.24) is 0 Å².